The Morgan fingerprint density at radius 1 is 1.10 bits per heavy atom. The number of hydrogen-bond acceptors (Lipinski definition) is 4. The Morgan fingerprint density at radius 3 is 2.69 bits per heavy atom. The number of para-hydroxylation sites is 3. The molecule has 1 fully saturated rings. The summed E-state index contributed by atoms with van der Waals surface area (Å²) in [5.41, 5.74) is 2.41. The van der Waals surface area contributed by atoms with E-state index in [-0.39, 0.29) is 5.91 Å². The van der Waals surface area contributed by atoms with Crippen molar-refractivity contribution in [1.82, 2.24) is 0 Å². The number of amides is 1. The van der Waals surface area contributed by atoms with Gasteiger partial charge in [-0.05, 0) is 38.0 Å². The number of thioether (sulfide) groups is 1. The molecule has 29 heavy (non-hydrogen) atoms. The highest BCUT2D eigenvalue weighted by Gasteiger charge is 2.23. The van der Waals surface area contributed by atoms with E-state index in [4.69, 9.17) is 9.15 Å². The summed E-state index contributed by atoms with van der Waals surface area (Å²) in [6, 6.07) is 15.4. The first-order valence-electron chi connectivity index (χ1n) is 10.4. The molecule has 0 spiro atoms. The lowest BCUT2D eigenvalue weighted by Gasteiger charge is -2.20. The molecule has 1 amide bonds. The zero-order valence-electron chi connectivity index (χ0n) is 16.8. The van der Waals surface area contributed by atoms with Crippen LogP contribution in [-0.2, 0) is 5.75 Å². The molecule has 1 aliphatic rings. The highest BCUT2D eigenvalue weighted by atomic mass is 32.2. The summed E-state index contributed by atoms with van der Waals surface area (Å²) in [4.78, 5) is 13.1. The molecule has 0 atom stereocenters. The van der Waals surface area contributed by atoms with E-state index in [2.05, 4.69) is 5.32 Å². The number of hydrogen-bond donors (Lipinski definition) is 1. The Balaban J connectivity index is 1.59. The van der Waals surface area contributed by atoms with E-state index < -0.39 is 0 Å². The van der Waals surface area contributed by atoms with E-state index in [9.17, 15) is 4.79 Å². The van der Waals surface area contributed by atoms with Gasteiger partial charge in [0.1, 0.15) is 11.3 Å². The standard InChI is InChI=1S/C24H27NO3S/c1-2-27-22-15-9-7-13-20(22)25-24(26)23-19(16-29-17-10-4-3-5-11-17)18-12-6-8-14-21(18)28-23/h6-9,12-15,17H,2-5,10-11,16H2,1H3,(H,25,26). The molecule has 0 aliphatic heterocycles. The SMILES string of the molecule is CCOc1ccccc1NC(=O)c1oc2ccccc2c1CSC1CCCCC1. The fourth-order valence-corrected chi connectivity index (χ4v) is 5.24. The van der Waals surface area contributed by atoms with Gasteiger partial charge in [0.2, 0.25) is 0 Å². The molecule has 0 saturated heterocycles. The molecule has 4 nitrogen and oxygen atoms in total. The van der Waals surface area contributed by atoms with Gasteiger partial charge >= 0.3 is 0 Å². The maximum Gasteiger partial charge on any atom is 0.291 e. The number of ether oxygens (including phenoxy) is 1. The molecule has 1 N–H and O–H groups in total. The van der Waals surface area contributed by atoms with Gasteiger partial charge in [-0.15, -0.1) is 0 Å². The second kappa shape index (κ2) is 9.40. The van der Waals surface area contributed by atoms with E-state index >= 15 is 0 Å². The largest absolute Gasteiger partial charge is 0.492 e. The monoisotopic (exact) mass is 409 g/mol. The predicted molar refractivity (Wildman–Crippen MR) is 120 cm³/mol. The molecule has 4 rings (SSSR count). The van der Waals surface area contributed by atoms with Crippen molar-refractivity contribution >= 4 is 34.3 Å². The first-order chi connectivity index (χ1) is 14.3. The number of rotatable bonds is 7. The molecule has 5 heteroatoms. The highest BCUT2D eigenvalue weighted by Crippen LogP contribution is 2.35. The predicted octanol–water partition coefficient (Wildman–Crippen LogP) is 6.65. The minimum absolute atomic E-state index is 0.229. The topological polar surface area (TPSA) is 51.5 Å². The molecule has 1 aliphatic carbocycles. The summed E-state index contributed by atoms with van der Waals surface area (Å²) in [5, 5.41) is 4.68. The maximum atomic E-state index is 13.1. The number of furan rings is 1. The first kappa shape index (κ1) is 19.9. The van der Waals surface area contributed by atoms with Crippen molar-refractivity contribution in [2.75, 3.05) is 11.9 Å². The quantitative estimate of drug-likeness (QED) is 0.475. The van der Waals surface area contributed by atoms with Crippen molar-refractivity contribution in [3.8, 4) is 5.75 Å². The number of fused-ring (bicyclic) bond motifs is 1. The minimum Gasteiger partial charge on any atom is -0.492 e. The molecule has 1 heterocycles. The van der Waals surface area contributed by atoms with Crippen LogP contribution in [0.3, 0.4) is 0 Å². The Kier molecular flexibility index (Phi) is 6.45. The van der Waals surface area contributed by atoms with Crippen LogP contribution >= 0.6 is 11.8 Å². The van der Waals surface area contributed by atoms with Crippen LogP contribution in [0.15, 0.2) is 52.9 Å². The average Bonchev–Trinajstić information content (AvgIpc) is 3.13. The van der Waals surface area contributed by atoms with Gasteiger partial charge in [-0.25, -0.2) is 0 Å². The summed E-state index contributed by atoms with van der Waals surface area (Å²) in [7, 11) is 0. The van der Waals surface area contributed by atoms with E-state index in [1.807, 2.05) is 67.2 Å². The molecule has 1 aromatic heterocycles. The van der Waals surface area contributed by atoms with Gasteiger partial charge in [-0.2, -0.15) is 11.8 Å². The third-order valence-electron chi connectivity index (χ3n) is 5.36. The molecule has 0 unspecified atom stereocenters. The van der Waals surface area contributed by atoms with Crippen LogP contribution in [0.1, 0.15) is 55.1 Å². The third kappa shape index (κ3) is 4.61. The van der Waals surface area contributed by atoms with Crippen LogP contribution in [0, 0.1) is 0 Å². The van der Waals surface area contributed by atoms with Gasteiger partial charge in [-0.1, -0.05) is 49.6 Å². The zero-order chi connectivity index (χ0) is 20.1. The normalized spacial score (nSPS) is 14.8. The number of carbonyl (C=O) groups is 1. The van der Waals surface area contributed by atoms with Crippen molar-refractivity contribution < 1.29 is 13.9 Å². The van der Waals surface area contributed by atoms with Crippen molar-refractivity contribution in [3.63, 3.8) is 0 Å². The van der Waals surface area contributed by atoms with Crippen LogP contribution in [0.5, 0.6) is 5.75 Å². The van der Waals surface area contributed by atoms with E-state index in [0.717, 1.165) is 22.3 Å². The number of anilines is 1. The molecule has 0 bridgehead atoms. The minimum atomic E-state index is -0.229. The van der Waals surface area contributed by atoms with E-state index in [1.165, 1.54) is 32.1 Å². The fourth-order valence-electron chi connectivity index (χ4n) is 3.89. The number of benzene rings is 2. The second-order valence-electron chi connectivity index (χ2n) is 7.36. The lowest BCUT2D eigenvalue weighted by Crippen LogP contribution is -2.14. The zero-order valence-corrected chi connectivity index (χ0v) is 17.6. The molecule has 152 valence electrons. The van der Waals surface area contributed by atoms with Crippen LogP contribution in [0.4, 0.5) is 5.69 Å². The van der Waals surface area contributed by atoms with Gasteiger partial charge in [0.05, 0.1) is 12.3 Å². The Labute approximate surface area is 176 Å². The first-order valence-corrected chi connectivity index (χ1v) is 11.5. The van der Waals surface area contributed by atoms with Crippen LogP contribution in [0.2, 0.25) is 0 Å². The van der Waals surface area contributed by atoms with E-state index in [1.54, 1.807) is 0 Å². The molecule has 0 radical (unpaired) electrons. The van der Waals surface area contributed by atoms with Crippen LogP contribution < -0.4 is 10.1 Å². The molecule has 1 saturated carbocycles. The summed E-state index contributed by atoms with van der Waals surface area (Å²) in [6.45, 7) is 2.47. The number of carbonyl (C=O) groups excluding carboxylic acids is 1. The smallest absolute Gasteiger partial charge is 0.291 e. The Hall–Kier alpha value is -2.40. The maximum absolute atomic E-state index is 13.1. The van der Waals surface area contributed by atoms with Crippen molar-refractivity contribution in [3.05, 3.63) is 59.9 Å². The molecular weight excluding hydrogens is 382 g/mol. The van der Waals surface area contributed by atoms with Crippen LogP contribution in [-0.4, -0.2) is 17.8 Å². The third-order valence-corrected chi connectivity index (χ3v) is 6.75. The highest BCUT2D eigenvalue weighted by molar-refractivity contribution is 7.99. The fraction of sp³-hybridized carbons (Fsp3) is 0.375. The van der Waals surface area contributed by atoms with Gasteiger partial charge < -0.3 is 14.5 Å². The summed E-state index contributed by atoms with van der Waals surface area (Å²) in [5.74, 6) is 1.63. The molecular formula is C24H27NO3S. The Bertz CT molecular complexity index is 975. The lowest BCUT2D eigenvalue weighted by atomic mass is 10.0. The Morgan fingerprint density at radius 2 is 1.86 bits per heavy atom. The van der Waals surface area contributed by atoms with Crippen molar-refractivity contribution in [2.45, 2.75) is 50.0 Å². The van der Waals surface area contributed by atoms with Gasteiger partial charge in [0, 0.05) is 22.0 Å². The summed E-state index contributed by atoms with van der Waals surface area (Å²) < 4.78 is 11.6. The summed E-state index contributed by atoms with van der Waals surface area (Å²) >= 11 is 1.95. The van der Waals surface area contributed by atoms with Gasteiger partial charge in [-0.3, -0.25) is 4.79 Å². The van der Waals surface area contributed by atoms with E-state index in [0.29, 0.717) is 29.1 Å². The molecule has 2 aromatic carbocycles. The summed E-state index contributed by atoms with van der Waals surface area (Å²) in [6.07, 6.45) is 6.50. The second-order valence-corrected chi connectivity index (χ2v) is 8.65. The van der Waals surface area contributed by atoms with Gasteiger partial charge in [0.25, 0.3) is 5.91 Å². The van der Waals surface area contributed by atoms with Crippen molar-refractivity contribution in [1.29, 1.82) is 0 Å². The van der Waals surface area contributed by atoms with Gasteiger partial charge in [0.15, 0.2) is 5.76 Å². The average molecular weight is 410 g/mol. The number of nitrogens with one attached hydrogen (secondary N) is 1. The van der Waals surface area contributed by atoms with Crippen LogP contribution in [0.25, 0.3) is 11.0 Å². The molecule has 3 aromatic rings. The lowest BCUT2D eigenvalue weighted by molar-refractivity contribution is 0.0997. The van der Waals surface area contributed by atoms with Crippen molar-refractivity contribution in [2.24, 2.45) is 0 Å².